The molecule has 0 saturated carbocycles. The number of rotatable bonds is 1. The van der Waals surface area contributed by atoms with Crippen molar-refractivity contribution < 1.29 is 4.74 Å². The largest absolute Gasteiger partial charge is 0.497 e. The molecule has 0 spiro atoms. The minimum atomic E-state index is 0. The van der Waals surface area contributed by atoms with Gasteiger partial charge in [-0.05, 0) is 12.1 Å². The first kappa shape index (κ1) is 9.66. The van der Waals surface area contributed by atoms with Gasteiger partial charge in [0.25, 0.3) is 0 Å². The maximum absolute atomic E-state index is 4.91. The molecular formula is C7H8KO. The predicted molar refractivity (Wildman–Crippen MR) is 38.7 cm³/mol. The van der Waals surface area contributed by atoms with Crippen molar-refractivity contribution in [2.75, 3.05) is 7.11 Å². The van der Waals surface area contributed by atoms with Gasteiger partial charge >= 0.3 is 0 Å². The van der Waals surface area contributed by atoms with Crippen LogP contribution in [-0.2, 0) is 0 Å². The first-order valence-electron chi connectivity index (χ1n) is 2.52. The van der Waals surface area contributed by atoms with Crippen molar-refractivity contribution in [3.05, 3.63) is 30.3 Å². The van der Waals surface area contributed by atoms with Crippen LogP contribution in [-0.4, -0.2) is 58.5 Å². The monoisotopic (exact) mass is 147 g/mol. The third-order valence-electron chi connectivity index (χ3n) is 0.979. The molecule has 0 fully saturated rings. The Morgan fingerprint density at radius 2 is 1.67 bits per heavy atom. The number of ether oxygens (including phenoxy) is 1. The van der Waals surface area contributed by atoms with Gasteiger partial charge in [-0.2, -0.15) is 0 Å². The third-order valence-corrected chi connectivity index (χ3v) is 0.979. The molecule has 0 aliphatic rings. The van der Waals surface area contributed by atoms with Crippen LogP contribution < -0.4 is 4.74 Å². The van der Waals surface area contributed by atoms with Gasteiger partial charge in [-0.3, -0.25) is 0 Å². The quantitative estimate of drug-likeness (QED) is 0.544. The number of methoxy groups -OCH3 is 1. The number of hydrogen-bond donors (Lipinski definition) is 0. The SMILES string of the molecule is COc1ccccc1.[K]. The Bertz CT molecular complexity index is 150. The zero-order valence-electron chi connectivity index (χ0n) is 5.79. The van der Waals surface area contributed by atoms with Gasteiger partial charge in [-0.1, -0.05) is 18.2 Å². The minimum absolute atomic E-state index is 0. The summed E-state index contributed by atoms with van der Waals surface area (Å²) in [6, 6.07) is 9.68. The van der Waals surface area contributed by atoms with E-state index in [9.17, 15) is 0 Å². The molecule has 9 heavy (non-hydrogen) atoms. The van der Waals surface area contributed by atoms with E-state index in [1.807, 2.05) is 30.3 Å². The number of para-hydroxylation sites is 1. The van der Waals surface area contributed by atoms with Crippen molar-refractivity contribution in [1.29, 1.82) is 0 Å². The summed E-state index contributed by atoms with van der Waals surface area (Å²) in [6.45, 7) is 0. The number of benzene rings is 1. The minimum Gasteiger partial charge on any atom is -0.497 e. The van der Waals surface area contributed by atoms with E-state index in [1.54, 1.807) is 7.11 Å². The van der Waals surface area contributed by atoms with Gasteiger partial charge in [-0.25, -0.2) is 0 Å². The van der Waals surface area contributed by atoms with Crippen molar-refractivity contribution in [2.24, 2.45) is 0 Å². The van der Waals surface area contributed by atoms with E-state index in [2.05, 4.69) is 0 Å². The molecule has 0 atom stereocenters. The molecule has 0 unspecified atom stereocenters. The summed E-state index contributed by atoms with van der Waals surface area (Å²) >= 11 is 0. The van der Waals surface area contributed by atoms with E-state index in [4.69, 9.17) is 4.74 Å². The molecule has 0 N–H and O–H groups in total. The molecule has 1 rings (SSSR count). The fourth-order valence-electron chi connectivity index (χ4n) is 0.557. The molecule has 0 heterocycles. The molecule has 1 aromatic carbocycles. The zero-order valence-corrected chi connectivity index (χ0v) is 8.92. The van der Waals surface area contributed by atoms with Gasteiger partial charge in [0.05, 0.1) is 7.11 Å². The molecule has 0 bridgehead atoms. The Labute approximate surface area is 97.8 Å². The average molecular weight is 147 g/mol. The van der Waals surface area contributed by atoms with Gasteiger partial charge in [0.2, 0.25) is 0 Å². The first-order chi connectivity index (χ1) is 3.93. The Balaban J connectivity index is 0.000000640. The molecule has 1 radical (unpaired) electrons. The van der Waals surface area contributed by atoms with Crippen molar-refractivity contribution in [1.82, 2.24) is 0 Å². The topological polar surface area (TPSA) is 9.23 Å². The average Bonchev–Trinajstić information content (AvgIpc) is 1.90. The van der Waals surface area contributed by atoms with Crippen LogP contribution in [0.2, 0.25) is 0 Å². The standard InChI is InChI=1S/C7H8O.K/c1-8-7-5-3-2-4-6-7;/h2-6H,1H3;. The van der Waals surface area contributed by atoms with Crippen molar-refractivity contribution in [3.63, 3.8) is 0 Å². The van der Waals surface area contributed by atoms with E-state index in [1.165, 1.54) is 0 Å². The predicted octanol–water partition coefficient (Wildman–Crippen LogP) is 1.31. The van der Waals surface area contributed by atoms with Crippen LogP contribution in [0.25, 0.3) is 0 Å². The first-order valence-corrected chi connectivity index (χ1v) is 2.52. The Kier molecular flexibility index (Phi) is 5.84. The van der Waals surface area contributed by atoms with Gasteiger partial charge in [-0.15, -0.1) is 0 Å². The van der Waals surface area contributed by atoms with E-state index >= 15 is 0 Å². The summed E-state index contributed by atoms with van der Waals surface area (Å²) in [5.74, 6) is 0.910. The van der Waals surface area contributed by atoms with E-state index in [0.29, 0.717) is 0 Å². The molecule has 1 aromatic rings. The Morgan fingerprint density at radius 1 is 1.11 bits per heavy atom. The summed E-state index contributed by atoms with van der Waals surface area (Å²) in [4.78, 5) is 0. The van der Waals surface area contributed by atoms with Crippen LogP contribution in [0.5, 0.6) is 5.75 Å². The van der Waals surface area contributed by atoms with Crippen LogP contribution in [0.4, 0.5) is 0 Å². The molecule has 0 aliphatic carbocycles. The van der Waals surface area contributed by atoms with Crippen molar-refractivity contribution >= 4 is 51.4 Å². The summed E-state index contributed by atoms with van der Waals surface area (Å²) in [5.41, 5.74) is 0. The summed E-state index contributed by atoms with van der Waals surface area (Å²) in [6.07, 6.45) is 0. The van der Waals surface area contributed by atoms with Gasteiger partial charge in [0.15, 0.2) is 0 Å². The maximum Gasteiger partial charge on any atom is 0.118 e. The van der Waals surface area contributed by atoms with Gasteiger partial charge in [0.1, 0.15) is 5.75 Å². The van der Waals surface area contributed by atoms with Gasteiger partial charge in [0, 0.05) is 51.4 Å². The van der Waals surface area contributed by atoms with Crippen LogP contribution in [0.15, 0.2) is 30.3 Å². The fourth-order valence-corrected chi connectivity index (χ4v) is 0.557. The molecular weight excluding hydrogens is 139 g/mol. The van der Waals surface area contributed by atoms with Crippen LogP contribution in [0.1, 0.15) is 0 Å². The van der Waals surface area contributed by atoms with Crippen LogP contribution >= 0.6 is 0 Å². The molecule has 0 aromatic heterocycles. The summed E-state index contributed by atoms with van der Waals surface area (Å²) in [7, 11) is 1.66. The van der Waals surface area contributed by atoms with E-state index in [0.717, 1.165) is 5.75 Å². The van der Waals surface area contributed by atoms with Crippen LogP contribution in [0, 0.1) is 0 Å². The molecule has 0 aliphatic heterocycles. The third kappa shape index (κ3) is 3.38. The van der Waals surface area contributed by atoms with Crippen molar-refractivity contribution in [2.45, 2.75) is 0 Å². The summed E-state index contributed by atoms with van der Waals surface area (Å²) < 4.78 is 4.91. The molecule has 0 amide bonds. The molecule has 2 heteroatoms. The summed E-state index contributed by atoms with van der Waals surface area (Å²) in [5, 5.41) is 0. The smallest absolute Gasteiger partial charge is 0.118 e. The zero-order chi connectivity index (χ0) is 5.82. The fraction of sp³-hybridized carbons (Fsp3) is 0.143. The number of hydrogen-bond acceptors (Lipinski definition) is 1. The Morgan fingerprint density at radius 3 is 2.00 bits per heavy atom. The van der Waals surface area contributed by atoms with E-state index in [-0.39, 0.29) is 51.4 Å². The Hall–Kier alpha value is 0.656. The van der Waals surface area contributed by atoms with Crippen molar-refractivity contribution in [3.8, 4) is 5.75 Å². The molecule has 0 saturated heterocycles. The van der Waals surface area contributed by atoms with Gasteiger partial charge < -0.3 is 4.74 Å². The maximum atomic E-state index is 4.91. The normalized spacial score (nSPS) is 7.67. The van der Waals surface area contributed by atoms with Crippen LogP contribution in [0.3, 0.4) is 0 Å². The second-order valence-electron chi connectivity index (χ2n) is 1.52. The van der Waals surface area contributed by atoms with E-state index < -0.39 is 0 Å². The second-order valence-corrected chi connectivity index (χ2v) is 1.52. The molecule has 43 valence electrons. The molecule has 1 nitrogen and oxygen atoms in total. The second kappa shape index (κ2) is 5.44.